The number of nitrogens with one attached hydrogen (secondary N) is 1. The van der Waals surface area contributed by atoms with Gasteiger partial charge in [0, 0.05) is 14.5 Å². The minimum absolute atomic E-state index is 0.133. The van der Waals surface area contributed by atoms with Gasteiger partial charge in [-0.15, -0.1) is 0 Å². The Hall–Kier alpha value is -0.710. The van der Waals surface area contributed by atoms with E-state index in [-0.39, 0.29) is 11.9 Å². The van der Waals surface area contributed by atoms with Gasteiger partial charge in [-0.2, -0.15) is 0 Å². The minimum atomic E-state index is -0.205. The Labute approximate surface area is 129 Å². The fourth-order valence-corrected chi connectivity index (χ4v) is 2.60. The summed E-state index contributed by atoms with van der Waals surface area (Å²) in [4.78, 5) is 0. The Kier molecular flexibility index (Phi) is 5.13. The molecule has 100 valence electrons. The van der Waals surface area contributed by atoms with Crippen LogP contribution in [0.5, 0.6) is 0 Å². The van der Waals surface area contributed by atoms with Crippen LogP contribution < -0.4 is 5.32 Å². The second-order valence-electron chi connectivity index (χ2n) is 4.21. The third-order valence-electron chi connectivity index (χ3n) is 2.89. The van der Waals surface area contributed by atoms with Crippen molar-refractivity contribution in [2.45, 2.75) is 13.0 Å². The van der Waals surface area contributed by atoms with Gasteiger partial charge in [-0.25, -0.2) is 4.39 Å². The molecule has 1 unspecified atom stereocenters. The quantitative estimate of drug-likeness (QED) is 0.775. The summed E-state index contributed by atoms with van der Waals surface area (Å²) < 4.78 is 15.9. The van der Waals surface area contributed by atoms with Gasteiger partial charge in [0.2, 0.25) is 0 Å². The number of benzene rings is 2. The van der Waals surface area contributed by atoms with Crippen LogP contribution in [-0.2, 0) is 0 Å². The Morgan fingerprint density at radius 2 is 1.68 bits per heavy atom. The van der Waals surface area contributed by atoms with E-state index in [1.807, 2.05) is 43.3 Å². The first-order chi connectivity index (χ1) is 9.11. The summed E-state index contributed by atoms with van der Waals surface area (Å²) in [5.41, 5.74) is 1.71. The molecule has 19 heavy (non-hydrogen) atoms. The first kappa shape index (κ1) is 14.7. The molecule has 0 aromatic heterocycles. The first-order valence-corrected chi connectivity index (χ1v) is 7.64. The molecule has 0 heterocycles. The molecule has 1 nitrogen and oxygen atoms in total. The summed E-state index contributed by atoms with van der Waals surface area (Å²) >= 11 is 6.70. The van der Waals surface area contributed by atoms with E-state index in [2.05, 4.69) is 37.2 Å². The lowest BCUT2D eigenvalue weighted by Gasteiger charge is -2.20. The van der Waals surface area contributed by atoms with Crippen LogP contribution in [-0.4, -0.2) is 6.54 Å². The monoisotopic (exact) mass is 385 g/mol. The van der Waals surface area contributed by atoms with Crippen LogP contribution in [0.25, 0.3) is 0 Å². The van der Waals surface area contributed by atoms with E-state index in [0.717, 1.165) is 21.1 Å². The Balaban J connectivity index is 2.41. The molecule has 0 saturated heterocycles. The molecule has 1 N–H and O–H groups in total. The Morgan fingerprint density at radius 3 is 2.26 bits per heavy atom. The third-order valence-corrected chi connectivity index (χ3v) is 3.91. The molecule has 1 atom stereocenters. The van der Waals surface area contributed by atoms with Gasteiger partial charge in [0.1, 0.15) is 5.82 Å². The summed E-state index contributed by atoms with van der Waals surface area (Å²) in [6.07, 6.45) is 0. The topological polar surface area (TPSA) is 12.0 Å². The zero-order valence-electron chi connectivity index (χ0n) is 10.5. The molecule has 0 amide bonds. The van der Waals surface area contributed by atoms with E-state index in [0.29, 0.717) is 5.56 Å². The zero-order valence-corrected chi connectivity index (χ0v) is 13.6. The largest absolute Gasteiger partial charge is 0.306 e. The van der Waals surface area contributed by atoms with E-state index < -0.39 is 0 Å². The number of rotatable bonds is 4. The maximum absolute atomic E-state index is 14.1. The van der Waals surface area contributed by atoms with Gasteiger partial charge in [-0.05, 0) is 36.4 Å². The van der Waals surface area contributed by atoms with Crippen molar-refractivity contribution < 1.29 is 4.39 Å². The van der Waals surface area contributed by atoms with Crippen LogP contribution >= 0.6 is 31.9 Å². The standard InChI is InChI=1S/C15H14Br2FN/c1-2-19-15(10-3-5-11(16)6-4-10)13-8-7-12(17)9-14(13)18/h3-9,15,19H,2H2,1H3. The molecule has 0 aliphatic rings. The van der Waals surface area contributed by atoms with Crippen molar-refractivity contribution in [3.63, 3.8) is 0 Å². The molecular formula is C15H14Br2FN. The van der Waals surface area contributed by atoms with E-state index in [9.17, 15) is 4.39 Å². The minimum Gasteiger partial charge on any atom is -0.306 e. The molecule has 2 aromatic carbocycles. The summed E-state index contributed by atoms with van der Waals surface area (Å²) in [6, 6.07) is 13.0. The second kappa shape index (κ2) is 6.64. The molecule has 0 saturated carbocycles. The number of halogens is 3. The highest BCUT2D eigenvalue weighted by Gasteiger charge is 2.16. The second-order valence-corrected chi connectivity index (χ2v) is 6.04. The summed E-state index contributed by atoms with van der Waals surface area (Å²) in [6.45, 7) is 2.79. The Bertz CT molecular complexity index is 555. The average molecular weight is 387 g/mol. The van der Waals surface area contributed by atoms with Crippen molar-refractivity contribution in [3.8, 4) is 0 Å². The van der Waals surface area contributed by atoms with Crippen molar-refractivity contribution in [3.05, 3.63) is 68.4 Å². The molecule has 0 fully saturated rings. The lowest BCUT2D eigenvalue weighted by molar-refractivity contribution is 0.558. The van der Waals surface area contributed by atoms with E-state index in [1.165, 1.54) is 6.07 Å². The predicted molar refractivity (Wildman–Crippen MR) is 83.8 cm³/mol. The normalized spacial score (nSPS) is 12.4. The molecule has 0 radical (unpaired) electrons. The SMILES string of the molecule is CCNC(c1ccc(Br)cc1)c1ccc(Br)cc1F. The maximum atomic E-state index is 14.1. The highest BCUT2D eigenvalue weighted by atomic mass is 79.9. The molecule has 4 heteroatoms. The van der Waals surface area contributed by atoms with Crippen LogP contribution in [0.2, 0.25) is 0 Å². The molecule has 0 bridgehead atoms. The van der Waals surface area contributed by atoms with Crippen LogP contribution in [0.4, 0.5) is 4.39 Å². The van der Waals surface area contributed by atoms with Crippen molar-refractivity contribution in [2.24, 2.45) is 0 Å². The van der Waals surface area contributed by atoms with Crippen LogP contribution in [0, 0.1) is 5.82 Å². The van der Waals surface area contributed by atoms with Crippen LogP contribution in [0.3, 0.4) is 0 Å². The smallest absolute Gasteiger partial charge is 0.129 e. The highest BCUT2D eigenvalue weighted by molar-refractivity contribution is 9.10. The zero-order chi connectivity index (χ0) is 13.8. The van der Waals surface area contributed by atoms with Crippen molar-refractivity contribution in [2.75, 3.05) is 6.54 Å². The number of hydrogen-bond acceptors (Lipinski definition) is 1. The summed E-state index contributed by atoms with van der Waals surface area (Å²) in [5.74, 6) is -0.205. The summed E-state index contributed by atoms with van der Waals surface area (Å²) in [5, 5.41) is 3.32. The molecule has 2 rings (SSSR count). The van der Waals surface area contributed by atoms with Crippen LogP contribution in [0.1, 0.15) is 24.1 Å². The Morgan fingerprint density at radius 1 is 1.05 bits per heavy atom. The van der Waals surface area contributed by atoms with Gasteiger partial charge in [0.05, 0.1) is 6.04 Å². The maximum Gasteiger partial charge on any atom is 0.129 e. The van der Waals surface area contributed by atoms with Gasteiger partial charge in [0.15, 0.2) is 0 Å². The lowest BCUT2D eigenvalue weighted by atomic mass is 9.98. The van der Waals surface area contributed by atoms with Gasteiger partial charge in [-0.1, -0.05) is 57.0 Å². The van der Waals surface area contributed by atoms with Crippen molar-refractivity contribution in [1.29, 1.82) is 0 Å². The van der Waals surface area contributed by atoms with Gasteiger partial charge in [0.25, 0.3) is 0 Å². The predicted octanol–water partition coefficient (Wildman–Crippen LogP) is 5.05. The van der Waals surface area contributed by atoms with E-state index >= 15 is 0 Å². The average Bonchev–Trinajstić information content (AvgIpc) is 2.38. The van der Waals surface area contributed by atoms with Crippen molar-refractivity contribution in [1.82, 2.24) is 5.32 Å². The highest BCUT2D eigenvalue weighted by Crippen LogP contribution is 2.27. The molecule has 0 spiro atoms. The van der Waals surface area contributed by atoms with E-state index in [4.69, 9.17) is 0 Å². The fraction of sp³-hybridized carbons (Fsp3) is 0.200. The van der Waals surface area contributed by atoms with Gasteiger partial charge in [-0.3, -0.25) is 0 Å². The van der Waals surface area contributed by atoms with E-state index in [1.54, 1.807) is 0 Å². The van der Waals surface area contributed by atoms with Crippen molar-refractivity contribution >= 4 is 31.9 Å². The molecule has 0 aliphatic carbocycles. The van der Waals surface area contributed by atoms with Crippen LogP contribution in [0.15, 0.2) is 51.4 Å². The summed E-state index contributed by atoms with van der Waals surface area (Å²) in [7, 11) is 0. The fourth-order valence-electron chi connectivity index (χ4n) is 2.00. The number of hydrogen-bond donors (Lipinski definition) is 1. The molecule has 2 aromatic rings. The van der Waals surface area contributed by atoms with Gasteiger partial charge < -0.3 is 5.32 Å². The first-order valence-electron chi connectivity index (χ1n) is 6.05. The molecule has 0 aliphatic heterocycles. The third kappa shape index (κ3) is 3.65. The molecular weight excluding hydrogens is 373 g/mol. The van der Waals surface area contributed by atoms with Gasteiger partial charge >= 0.3 is 0 Å². The lowest BCUT2D eigenvalue weighted by Crippen LogP contribution is -2.22.